The molecule has 3 heteroatoms. The zero-order valence-electron chi connectivity index (χ0n) is 10.0. The number of halogens is 2. The number of nitrogens with two attached hydrogens (primary N) is 1. The van der Waals surface area contributed by atoms with Crippen LogP contribution in [-0.2, 0) is 6.42 Å². The minimum Gasteiger partial charge on any atom is -0.328 e. The van der Waals surface area contributed by atoms with E-state index in [0.29, 0.717) is 12.3 Å². The molecule has 0 saturated heterocycles. The van der Waals surface area contributed by atoms with E-state index in [-0.39, 0.29) is 12.0 Å². The zero-order valence-corrected chi connectivity index (χ0v) is 10.0. The molecule has 0 heterocycles. The van der Waals surface area contributed by atoms with Gasteiger partial charge in [0.05, 0.1) is 0 Å². The molecule has 0 amide bonds. The summed E-state index contributed by atoms with van der Waals surface area (Å²) in [6.45, 7) is 6.13. The average molecular weight is 227 g/mol. The van der Waals surface area contributed by atoms with Crippen molar-refractivity contribution in [3.63, 3.8) is 0 Å². The number of rotatable bonds is 4. The molecule has 0 bridgehead atoms. The van der Waals surface area contributed by atoms with Gasteiger partial charge in [-0.2, -0.15) is 0 Å². The third-order valence-corrected chi connectivity index (χ3v) is 2.99. The molecule has 0 aliphatic heterocycles. The summed E-state index contributed by atoms with van der Waals surface area (Å²) in [5.74, 6) is -0.881. The SMILES string of the molecule is CC(C)C(Cc1ccc(F)c(F)c1)C(C)N. The molecule has 1 nitrogen and oxygen atoms in total. The van der Waals surface area contributed by atoms with Crippen LogP contribution in [-0.4, -0.2) is 6.04 Å². The van der Waals surface area contributed by atoms with Crippen molar-refractivity contribution in [2.45, 2.75) is 33.2 Å². The summed E-state index contributed by atoms with van der Waals surface area (Å²) >= 11 is 0. The Morgan fingerprint density at radius 1 is 1.12 bits per heavy atom. The normalized spacial score (nSPS) is 15.2. The minimum absolute atomic E-state index is 0.0492. The molecule has 16 heavy (non-hydrogen) atoms. The fourth-order valence-corrected chi connectivity index (χ4v) is 1.97. The van der Waals surface area contributed by atoms with Crippen molar-refractivity contribution in [3.05, 3.63) is 35.4 Å². The molecule has 0 aromatic heterocycles. The van der Waals surface area contributed by atoms with E-state index in [1.165, 1.54) is 12.1 Å². The van der Waals surface area contributed by atoms with E-state index < -0.39 is 11.6 Å². The molecule has 0 saturated carbocycles. The summed E-state index contributed by atoms with van der Waals surface area (Å²) in [5, 5.41) is 0. The van der Waals surface area contributed by atoms with Crippen LogP contribution in [0.15, 0.2) is 18.2 Å². The van der Waals surface area contributed by atoms with Crippen LogP contribution in [0, 0.1) is 23.5 Å². The molecule has 2 atom stereocenters. The molecular weight excluding hydrogens is 208 g/mol. The van der Waals surface area contributed by atoms with Gasteiger partial charge in [-0.15, -0.1) is 0 Å². The van der Waals surface area contributed by atoms with Crippen LogP contribution in [0.3, 0.4) is 0 Å². The lowest BCUT2D eigenvalue weighted by molar-refractivity contribution is 0.329. The maximum Gasteiger partial charge on any atom is 0.159 e. The van der Waals surface area contributed by atoms with Gasteiger partial charge < -0.3 is 5.73 Å². The van der Waals surface area contributed by atoms with Crippen LogP contribution in [0.25, 0.3) is 0 Å². The fraction of sp³-hybridized carbons (Fsp3) is 0.538. The number of hydrogen-bond donors (Lipinski definition) is 1. The summed E-state index contributed by atoms with van der Waals surface area (Å²) in [6.07, 6.45) is 0.687. The van der Waals surface area contributed by atoms with Crippen molar-refractivity contribution in [2.24, 2.45) is 17.6 Å². The minimum atomic E-state index is -0.800. The lowest BCUT2D eigenvalue weighted by Crippen LogP contribution is -2.32. The Hall–Kier alpha value is -0.960. The standard InChI is InChI=1S/C13H19F2N/c1-8(2)11(9(3)16)6-10-4-5-12(14)13(15)7-10/h4-5,7-9,11H,6,16H2,1-3H3. The second kappa shape index (κ2) is 5.39. The van der Waals surface area contributed by atoms with Gasteiger partial charge >= 0.3 is 0 Å². The first-order valence-electron chi connectivity index (χ1n) is 5.61. The van der Waals surface area contributed by atoms with Gasteiger partial charge in [0.25, 0.3) is 0 Å². The summed E-state index contributed by atoms with van der Waals surface area (Å²) in [6, 6.07) is 4.10. The van der Waals surface area contributed by atoms with Crippen molar-refractivity contribution >= 4 is 0 Å². The molecule has 2 N–H and O–H groups in total. The van der Waals surface area contributed by atoms with Crippen molar-refractivity contribution < 1.29 is 8.78 Å². The third kappa shape index (κ3) is 3.27. The summed E-state index contributed by atoms with van der Waals surface area (Å²) < 4.78 is 25.8. The first-order valence-corrected chi connectivity index (χ1v) is 5.61. The summed E-state index contributed by atoms with van der Waals surface area (Å²) in [7, 11) is 0. The van der Waals surface area contributed by atoms with Gasteiger partial charge in [0, 0.05) is 6.04 Å². The van der Waals surface area contributed by atoms with Gasteiger partial charge in [-0.05, 0) is 42.9 Å². The number of hydrogen-bond acceptors (Lipinski definition) is 1. The van der Waals surface area contributed by atoms with Gasteiger partial charge in [0.15, 0.2) is 11.6 Å². The highest BCUT2D eigenvalue weighted by Gasteiger charge is 2.18. The summed E-state index contributed by atoms with van der Waals surface area (Å²) in [5.41, 5.74) is 6.69. The van der Waals surface area contributed by atoms with Crippen LogP contribution >= 0.6 is 0 Å². The second-order valence-corrected chi connectivity index (χ2v) is 4.72. The largest absolute Gasteiger partial charge is 0.328 e. The average Bonchev–Trinajstić information content (AvgIpc) is 2.18. The Labute approximate surface area is 95.7 Å². The molecule has 0 aliphatic rings. The first-order chi connectivity index (χ1) is 7.41. The third-order valence-electron chi connectivity index (χ3n) is 2.99. The van der Waals surface area contributed by atoms with E-state index in [1.807, 2.05) is 6.92 Å². The molecule has 90 valence electrons. The first kappa shape index (κ1) is 13.1. The van der Waals surface area contributed by atoms with E-state index in [1.54, 1.807) is 6.07 Å². The van der Waals surface area contributed by atoms with E-state index in [2.05, 4.69) is 13.8 Å². The highest BCUT2D eigenvalue weighted by molar-refractivity contribution is 5.18. The molecule has 0 fully saturated rings. The van der Waals surface area contributed by atoms with Crippen LogP contribution < -0.4 is 5.73 Å². The monoisotopic (exact) mass is 227 g/mol. The Morgan fingerprint density at radius 2 is 1.75 bits per heavy atom. The lowest BCUT2D eigenvalue weighted by atomic mass is 9.84. The van der Waals surface area contributed by atoms with E-state index in [9.17, 15) is 8.78 Å². The molecular formula is C13H19F2N. The molecule has 1 aromatic carbocycles. The summed E-state index contributed by atoms with van der Waals surface area (Å²) in [4.78, 5) is 0. The Morgan fingerprint density at radius 3 is 2.19 bits per heavy atom. The van der Waals surface area contributed by atoms with Crippen molar-refractivity contribution in [1.29, 1.82) is 0 Å². The van der Waals surface area contributed by atoms with Crippen LogP contribution in [0.5, 0.6) is 0 Å². The van der Waals surface area contributed by atoms with Crippen molar-refractivity contribution in [2.75, 3.05) is 0 Å². The molecule has 1 aromatic rings. The van der Waals surface area contributed by atoms with Crippen LogP contribution in [0.4, 0.5) is 8.78 Å². The Balaban J connectivity index is 2.81. The maximum atomic E-state index is 13.0. The van der Waals surface area contributed by atoms with Gasteiger partial charge in [0.1, 0.15) is 0 Å². The van der Waals surface area contributed by atoms with Crippen LogP contribution in [0.1, 0.15) is 26.3 Å². The van der Waals surface area contributed by atoms with E-state index >= 15 is 0 Å². The van der Waals surface area contributed by atoms with Crippen molar-refractivity contribution in [1.82, 2.24) is 0 Å². The Kier molecular flexibility index (Phi) is 4.42. The fourth-order valence-electron chi connectivity index (χ4n) is 1.97. The lowest BCUT2D eigenvalue weighted by Gasteiger charge is -2.24. The predicted octanol–water partition coefficient (Wildman–Crippen LogP) is 3.13. The topological polar surface area (TPSA) is 26.0 Å². The number of benzene rings is 1. The molecule has 0 aliphatic carbocycles. The Bertz CT molecular complexity index is 340. The van der Waals surface area contributed by atoms with E-state index in [0.717, 1.165) is 5.56 Å². The van der Waals surface area contributed by atoms with Gasteiger partial charge in [-0.25, -0.2) is 8.78 Å². The highest BCUT2D eigenvalue weighted by atomic mass is 19.2. The molecule has 0 radical (unpaired) electrons. The van der Waals surface area contributed by atoms with Crippen molar-refractivity contribution in [3.8, 4) is 0 Å². The quantitative estimate of drug-likeness (QED) is 0.840. The predicted molar refractivity (Wildman–Crippen MR) is 62.0 cm³/mol. The molecule has 1 rings (SSSR count). The molecule has 2 unspecified atom stereocenters. The zero-order chi connectivity index (χ0) is 12.3. The highest BCUT2D eigenvalue weighted by Crippen LogP contribution is 2.21. The maximum absolute atomic E-state index is 13.0. The van der Waals surface area contributed by atoms with Crippen LogP contribution in [0.2, 0.25) is 0 Å². The van der Waals surface area contributed by atoms with Gasteiger partial charge in [-0.1, -0.05) is 19.9 Å². The molecule has 0 spiro atoms. The van der Waals surface area contributed by atoms with E-state index in [4.69, 9.17) is 5.73 Å². The smallest absolute Gasteiger partial charge is 0.159 e. The second-order valence-electron chi connectivity index (χ2n) is 4.72. The van der Waals surface area contributed by atoms with Gasteiger partial charge in [-0.3, -0.25) is 0 Å². The van der Waals surface area contributed by atoms with Gasteiger partial charge in [0.2, 0.25) is 0 Å².